The minimum Gasteiger partial charge on any atom is -0.497 e. The first-order valence-electron chi connectivity index (χ1n) is 14.0. The van der Waals surface area contributed by atoms with E-state index in [2.05, 4.69) is 168 Å². The van der Waals surface area contributed by atoms with Crippen LogP contribution in [0.2, 0.25) is 6.82 Å². The molecular weight excluding hydrogens is 515 g/mol. The number of methoxy groups -OCH3 is 1. The van der Waals surface area contributed by atoms with Gasteiger partial charge >= 0.3 is 0 Å². The Morgan fingerprint density at radius 2 is 1.10 bits per heavy atom. The summed E-state index contributed by atoms with van der Waals surface area (Å²) in [5.74, 6) is 0.889. The van der Waals surface area contributed by atoms with Gasteiger partial charge in [-0.1, -0.05) is 156 Å². The molecule has 6 rings (SSSR count). The van der Waals surface area contributed by atoms with E-state index in [0.717, 1.165) is 5.75 Å². The summed E-state index contributed by atoms with van der Waals surface area (Å²) in [6.07, 6.45) is 5.89. The van der Waals surface area contributed by atoms with Crippen LogP contribution in [0.3, 0.4) is 0 Å². The van der Waals surface area contributed by atoms with E-state index >= 15 is 0 Å². The van der Waals surface area contributed by atoms with E-state index in [0.29, 0.717) is 6.71 Å². The van der Waals surface area contributed by atoms with Crippen LogP contribution in [-0.4, -0.2) is 32.9 Å². The van der Waals surface area contributed by atoms with Crippen LogP contribution in [0.5, 0.6) is 5.75 Å². The quantitative estimate of drug-likeness (QED) is 0.248. The average molecular weight is 551 g/mol. The highest BCUT2D eigenvalue weighted by molar-refractivity contribution is 6.84. The first-order valence-corrected chi connectivity index (χ1v) is 15.4. The van der Waals surface area contributed by atoms with Crippen molar-refractivity contribution in [2.75, 3.05) is 7.11 Å². The van der Waals surface area contributed by atoms with Gasteiger partial charge < -0.3 is 9.30 Å². The van der Waals surface area contributed by atoms with E-state index in [4.69, 9.17) is 4.74 Å². The summed E-state index contributed by atoms with van der Waals surface area (Å²) in [7, 11) is 0.879. The molecule has 5 aromatic carbocycles. The molecule has 0 aliphatic heterocycles. The lowest BCUT2D eigenvalue weighted by atomic mass is 9.43. The Hall–Kier alpha value is -4.61. The lowest BCUT2D eigenvalue weighted by Gasteiger charge is -2.37. The zero-order valence-corrected chi connectivity index (χ0v) is 25.1. The first-order chi connectivity index (χ1) is 20.2. The van der Waals surface area contributed by atoms with Crippen molar-refractivity contribution in [3.8, 4) is 5.75 Å². The third kappa shape index (κ3) is 6.59. The summed E-state index contributed by atoms with van der Waals surface area (Å²) < 4.78 is 7.61. The molecule has 0 bridgehead atoms. The molecule has 0 unspecified atom stereocenters. The van der Waals surface area contributed by atoms with Crippen LogP contribution in [0.1, 0.15) is 11.1 Å². The number of aromatic nitrogens is 2. The summed E-state index contributed by atoms with van der Waals surface area (Å²) in [5, 5.41) is 1.13. The van der Waals surface area contributed by atoms with E-state index in [-0.39, 0.29) is 5.16 Å². The third-order valence-electron chi connectivity index (χ3n) is 7.67. The van der Waals surface area contributed by atoms with Gasteiger partial charge in [0.1, 0.15) is 5.75 Å². The molecule has 1 aromatic heterocycles. The van der Waals surface area contributed by atoms with Crippen LogP contribution >= 0.6 is 0 Å². The molecule has 0 radical (unpaired) electrons. The van der Waals surface area contributed by atoms with E-state index in [9.17, 15) is 0 Å². The zero-order chi connectivity index (χ0) is 28.3. The molecule has 0 saturated heterocycles. The van der Waals surface area contributed by atoms with Crippen molar-refractivity contribution in [2.45, 2.75) is 12.0 Å². The molecular formula is C36H35BN2OSi. The highest BCUT2D eigenvalue weighted by atomic mass is 28.2. The smallest absolute Gasteiger partial charge is 0.206 e. The first kappa shape index (κ1) is 27.9. The molecule has 0 aliphatic rings. The van der Waals surface area contributed by atoms with Gasteiger partial charge in [-0.2, -0.15) is 0 Å². The summed E-state index contributed by atoms with van der Waals surface area (Å²) in [5.41, 5.74) is 5.32. The number of hydrogen-bond donors (Lipinski definition) is 0. The van der Waals surface area contributed by atoms with Gasteiger partial charge in [0.25, 0.3) is 0 Å². The third-order valence-corrected chi connectivity index (χ3v) is 10.2. The highest BCUT2D eigenvalue weighted by Gasteiger charge is 2.36. The molecule has 0 N–H and O–H groups in total. The molecule has 202 valence electrons. The maximum Gasteiger partial charge on any atom is 0.206 e. The number of nitrogens with zero attached hydrogens (tertiary/aromatic N) is 2. The summed E-state index contributed by atoms with van der Waals surface area (Å²) in [6.45, 7) is 2.72. The number of imidazole rings is 1. The summed E-state index contributed by atoms with van der Waals surface area (Å²) in [6, 6.07) is 51.2. The Morgan fingerprint density at radius 1 is 0.634 bits per heavy atom. The zero-order valence-electron chi connectivity index (χ0n) is 23.7. The second kappa shape index (κ2) is 13.6. The van der Waals surface area contributed by atoms with Gasteiger partial charge in [-0.15, -0.1) is 0 Å². The molecule has 1 heterocycles. The van der Waals surface area contributed by atoms with Crippen molar-refractivity contribution >= 4 is 32.3 Å². The molecule has 0 amide bonds. The van der Waals surface area contributed by atoms with Crippen LogP contribution in [0.25, 0.3) is 0 Å². The second-order valence-corrected chi connectivity index (χ2v) is 12.3. The molecule has 0 fully saturated rings. The maximum absolute atomic E-state index is 5.34. The van der Waals surface area contributed by atoms with Crippen LogP contribution in [0.15, 0.2) is 164 Å². The Morgan fingerprint density at radius 3 is 1.51 bits per heavy atom. The lowest BCUT2D eigenvalue weighted by molar-refractivity contribution is 0.415. The number of rotatable bonds is 8. The van der Waals surface area contributed by atoms with Crippen LogP contribution in [0, 0.1) is 0 Å². The fourth-order valence-electron chi connectivity index (χ4n) is 5.39. The summed E-state index contributed by atoms with van der Waals surface area (Å²) >= 11 is 0. The van der Waals surface area contributed by atoms with Crippen molar-refractivity contribution < 1.29 is 4.74 Å². The molecule has 0 atom stereocenters. The Balaban J connectivity index is 0.000000202. The number of benzene rings is 5. The van der Waals surface area contributed by atoms with E-state index < -0.39 is 9.52 Å². The van der Waals surface area contributed by atoms with E-state index in [1.54, 1.807) is 7.11 Å². The van der Waals surface area contributed by atoms with Crippen LogP contribution < -0.4 is 20.8 Å². The normalized spacial score (nSPS) is 11.1. The van der Waals surface area contributed by atoms with Gasteiger partial charge in [0.2, 0.25) is 6.71 Å². The van der Waals surface area contributed by atoms with Crippen LogP contribution in [-0.2, 0) is 5.16 Å². The average Bonchev–Trinajstić information content (AvgIpc) is 3.61. The van der Waals surface area contributed by atoms with Gasteiger partial charge in [0, 0.05) is 12.4 Å². The molecule has 3 nitrogen and oxygen atoms in total. The van der Waals surface area contributed by atoms with Crippen molar-refractivity contribution in [3.05, 3.63) is 175 Å². The molecule has 6 aromatic rings. The molecule has 0 spiro atoms. The topological polar surface area (TPSA) is 27.1 Å². The Kier molecular flexibility index (Phi) is 9.30. The minimum atomic E-state index is -0.826. The molecule has 0 saturated carbocycles. The second-order valence-electron chi connectivity index (χ2n) is 10.1. The fourth-order valence-corrected chi connectivity index (χ4v) is 7.70. The molecule has 5 heteroatoms. The Bertz CT molecular complexity index is 1500. The van der Waals surface area contributed by atoms with Gasteiger partial charge in [-0.25, -0.2) is 4.98 Å². The number of ether oxygens (including phenoxy) is 1. The van der Waals surface area contributed by atoms with E-state index in [1.165, 1.54) is 27.2 Å². The standard InChI is InChI=1S/C23H22N2OSi.C13H13B/c1-26-21-12-14-22(15-13-21)27-23(25-17-16-24-18-25,19-8-4-2-5-9-19)20-10-6-3-7-11-20;1-14(12-8-4-2-5-9-12)13-10-6-3-7-11-13/h2-18H,27H2,1H3;2-11H,1H3. The largest absolute Gasteiger partial charge is 0.497 e. The highest BCUT2D eigenvalue weighted by Crippen LogP contribution is 2.33. The van der Waals surface area contributed by atoms with Crippen molar-refractivity contribution in [1.29, 1.82) is 0 Å². The van der Waals surface area contributed by atoms with Crippen molar-refractivity contribution in [2.24, 2.45) is 0 Å². The minimum absolute atomic E-state index is 0.242. The molecule has 41 heavy (non-hydrogen) atoms. The Labute approximate surface area is 246 Å². The van der Waals surface area contributed by atoms with Crippen LogP contribution in [0.4, 0.5) is 0 Å². The predicted molar refractivity (Wildman–Crippen MR) is 176 cm³/mol. The van der Waals surface area contributed by atoms with Gasteiger partial charge in [-0.3, -0.25) is 0 Å². The predicted octanol–water partition coefficient (Wildman–Crippen LogP) is 5.06. The van der Waals surface area contributed by atoms with Crippen molar-refractivity contribution in [3.63, 3.8) is 0 Å². The van der Waals surface area contributed by atoms with Gasteiger partial charge in [0.15, 0.2) is 0 Å². The van der Waals surface area contributed by atoms with E-state index in [1.807, 2.05) is 12.5 Å². The van der Waals surface area contributed by atoms with Gasteiger partial charge in [-0.05, 0) is 23.3 Å². The summed E-state index contributed by atoms with van der Waals surface area (Å²) in [4.78, 5) is 4.37. The SMILES string of the molecule is CB(c1ccccc1)c1ccccc1.COc1ccc([SiH2]C(c2ccccc2)(c2ccccc2)n2ccnc2)cc1. The fraction of sp³-hybridized carbons (Fsp3) is 0.0833. The number of hydrogen-bond acceptors (Lipinski definition) is 2. The molecule has 0 aliphatic carbocycles. The van der Waals surface area contributed by atoms with Gasteiger partial charge in [0.05, 0.1) is 28.1 Å². The lowest BCUT2D eigenvalue weighted by Crippen LogP contribution is -2.46. The monoisotopic (exact) mass is 550 g/mol. The maximum atomic E-state index is 5.34. The van der Waals surface area contributed by atoms with Crippen molar-refractivity contribution in [1.82, 2.24) is 9.55 Å².